The summed E-state index contributed by atoms with van der Waals surface area (Å²) in [6.07, 6.45) is 1.83. The smallest absolute Gasteiger partial charge is 0.254 e. The third-order valence-electron chi connectivity index (χ3n) is 5.80. The molecule has 1 aliphatic rings. The molecule has 1 aromatic heterocycles. The first-order chi connectivity index (χ1) is 16.5. The molecule has 0 aliphatic heterocycles. The highest BCUT2D eigenvalue weighted by atomic mass is 35.5. The van der Waals surface area contributed by atoms with Crippen molar-refractivity contribution in [3.8, 4) is 17.3 Å². The van der Waals surface area contributed by atoms with E-state index in [0.29, 0.717) is 28.8 Å². The van der Waals surface area contributed by atoms with Gasteiger partial charge in [-0.2, -0.15) is 5.10 Å². The molecule has 1 heterocycles. The molecule has 1 fully saturated rings. The summed E-state index contributed by atoms with van der Waals surface area (Å²) in [5.74, 6) is 0.534. The van der Waals surface area contributed by atoms with Gasteiger partial charge in [-0.1, -0.05) is 41.9 Å². The standard InChI is InChI=1S/C27H23ClFN3O2/c1-18-25(17-31(22-13-14-22)26(33)19-7-5-9-21(29)15-19)27(34-24-11-3-2-4-12-24)32(30-18)23-10-6-8-20(28)16-23/h2-12,15-16,22H,13-14,17H2,1H3. The average Bonchev–Trinajstić information content (AvgIpc) is 3.63. The van der Waals surface area contributed by atoms with Gasteiger partial charge in [-0.15, -0.1) is 0 Å². The Morgan fingerprint density at radius 1 is 1.09 bits per heavy atom. The molecule has 7 heteroatoms. The first-order valence-corrected chi connectivity index (χ1v) is 11.5. The Balaban J connectivity index is 1.56. The van der Waals surface area contributed by atoms with Crippen molar-refractivity contribution >= 4 is 17.5 Å². The van der Waals surface area contributed by atoms with Crippen LogP contribution in [0.2, 0.25) is 5.02 Å². The molecule has 0 spiro atoms. The minimum Gasteiger partial charge on any atom is -0.439 e. The Kier molecular flexibility index (Phi) is 6.07. The van der Waals surface area contributed by atoms with Crippen LogP contribution < -0.4 is 4.74 Å². The third-order valence-corrected chi connectivity index (χ3v) is 6.03. The molecular weight excluding hydrogens is 453 g/mol. The molecule has 4 aromatic rings. The molecular formula is C27H23ClFN3O2. The number of halogens is 2. The lowest BCUT2D eigenvalue weighted by Crippen LogP contribution is -2.33. The van der Waals surface area contributed by atoms with Gasteiger partial charge < -0.3 is 9.64 Å². The van der Waals surface area contributed by atoms with Crippen LogP contribution in [0.15, 0.2) is 78.9 Å². The molecule has 5 nitrogen and oxygen atoms in total. The number of carbonyl (C=O) groups is 1. The minimum atomic E-state index is -0.431. The van der Waals surface area contributed by atoms with Crippen LogP contribution in [0.1, 0.15) is 34.5 Å². The molecule has 0 N–H and O–H groups in total. The van der Waals surface area contributed by atoms with Crippen LogP contribution in [-0.4, -0.2) is 26.6 Å². The van der Waals surface area contributed by atoms with Crippen LogP contribution in [0, 0.1) is 12.7 Å². The third kappa shape index (κ3) is 4.68. The molecule has 0 radical (unpaired) electrons. The molecule has 0 bridgehead atoms. The predicted molar refractivity (Wildman–Crippen MR) is 129 cm³/mol. The summed E-state index contributed by atoms with van der Waals surface area (Å²) in [6.45, 7) is 2.19. The van der Waals surface area contributed by atoms with Crippen molar-refractivity contribution in [2.75, 3.05) is 0 Å². The van der Waals surface area contributed by atoms with E-state index in [-0.39, 0.29) is 11.9 Å². The zero-order valence-electron chi connectivity index (χ0n) is 18.6. The van der Waals surface area contributed by atoms with Crippen LogP contribution >= 0.6 is 11.6 Å². The molecule has 34 heavy (non-hydrogen) atoms. The second-order valence-electron chi connectivity index (χ2n) is 8.35. The predicted octanol–water partition coefficient (Wildman–Crippen LogP) is 6.57. The fourth-order valence-electron chi connectivity index (χ4n) is 3.92. The number of carbonyl (C=O) groups excluding carboxylic acids is 1. The van der Waals surface area contributed by atoms with Gasteiger partial charge in [0.25, 0.3) is 5.91 Å². The lowest BCUT2D eigenvalue weighted by atomic mass is 10.1. The van der Waals surface area contributed by atoms with Crippen LogP contribution in [0.5, 0.6) is 11.6 Å². The van der Waals surface area contributed by atoms with Gasteiger partial charge in [0.05, 0.1) is 23.5 Å². The van der Waals surface area contributed by atoms with Crippen molar-refractivity contribution in [3.05, 3.63) is 107 Å². The highest BCUT2D eigenvalue weighted by Gasteiger charge is 2.35. The van der Waals surface area contributed by atoms with Gasteiger partial charge in [-0.05, 0) is 68.3 Å². The molecule has 0 saturated heterocycles. The maximum atomic E-state index is 13.8. The topological polar surface area (TPSA) is 47.4 Å². The van der Waals surface area contributed by atoms with Gasteiger partial charge in [-0.25, -0.2) is 9.07 Å². The Morgan fingerprint density at radius 2 is 1.85 bits per heavy atom. The van der Waals surface area contributed by atoms with E-state index in [1.165, 1.54) is 12.1 Å². The second kappa shape index (κ2) is 9.31. The van der Waals surface area contributed by atoms with Crippen molar-refractivity contribution in [2.24, 2.45) is 0 Å². The van der Waals surface area contributed by atoms with Gasteiger partial charge in [-0.3, -0.25) is 4.79 Å². The number of aryl methyl sites for hydroxylation is 1. The number of ether oxygens (including phenoxy) is 1. The number of aromatic nitrogens is 2. The van der Waals surface area contributed by atoms with E-state index in [0.717, 1.165) is 29.8 Å². The molecule has 1 amide bonds. The zero-order chi connectivity index (χ0) is 23.7. The second-order valence-corrected chi connectivity index (χ2v) is 8.79. The van der Waals surface area contributed by atoms with Crippen LogP contribution in [0.4, 0.5) is 4.39 Å². The van der Waals surface area contributed by atoms with E-state index in [9.17, 15) is 9.18 Å². The van der Waals surface area contributed by atoms with E-state index in [1.807, 2.05) is 55.5 Å². The van der Waals surface area contributed by atoms with E-state index in [2.05, 4.69) is 0 Å². The number of hydrogen-bond acceptors (Lipinski definition) is 3. The number of amides is 1. The lowest BCUT2D eigenvalue weighted by molar-refractivity contribution is 0.0728. The number of rotatable bonds is 7. The molecule has 1 aliphatic carbocycles. The summed E-state index contributed by atoms with van der Waals surface area (Å²) in [4.78, 5) is 15.1. The van der Waals surface area contributed by atoms with Crippen molar-refractivity contribution in [2.45, 2.75) is 32.4 Å². The Bertz CT molecular complexity index is 1330. The minimum absolute atomic E-state index is 0.106. The van der Waals surface area contributed by atoms with E-state index >= 15 is 0 Å². The monoisotopic (exact) mass is 475 g/mol. The quantitative estimate of drug-likeness (QED) is 0.303. The Labute approximate surface area is 202 Å². The first-order valence-electron chi connectivity index (χ1n) is 11.1. The van der Waals surface area contributed by atoms with E-state index in [4.69, 9.17) is 21.4 Å². The van der Waals surface area contributed by atoms with Crippen LogP contribution in [0.3, 0.4) is 0 Å². The summed E-state index contributed by atoms with van der Waals surface area (Å²) >= 11 is 6.24. The van der Waals surface area contributed by atoms with Gasteiger partial charge in [0.1, 0.15) is 11.6 Å². The first kappa shape index (κ1) is 22.2. The van der Waals surface area contributed by atoms with Gasteiger partial charge in [0.2, 0.25) is 5.88 Å². The largest absolute Gasteiger partial charge is 0.439 e. The van der Waals surface area contributed by atoms with Gasteiger partial charge >= 0.3 is 0 Å². The maximum Gasteiger partial charge on any atom is 0.254 e. The maximum absolute atomic E-state index is 13.8. The molecule has 0 unspecified atom stereocenters. The lowest BCUT2D eigenvalue weighted by Gasteiger charge is -2.23. The van der Waals surface area contributed by atoms with Crippen molar-refractivity contribution in [1.82, 2.24) is 14.7 Å². The zero-order valence-corrected chi connectivity index (χ0v) is 19.4. The normalized spacial score (nSPS) is 13.0. The highest BCUT2D eigenvalue weighted by Crippen LogP contribution is 2.36. The number of para-hydroxylation sites is 1. The summed E-state index contributed by atoms with van der Waals surface area (Å²) in [5, 5.41) is 5.31. The molecule has 3 aromatic carbocycles. The summed E-state index contributed by atoms with van der Waals surface area (Å²) < 4.78 is 21.8. The average molecular weight is 476 g/mol. The Morgan fingerprint density at radius 3 is 2.56 bits per heavy atom. The van der Waals surface area contributed by atoms with E-state index < -0.39 is 5.82 Å². The summed E-state index contributed by atoms with van der Waals surface area (Å²) in [6, 6.07) is 22.7. The fraction of sp³-hybridized carbons (Fsp3) is 0.185. The molecule has 5 rings (SSSR count). The van der Waals surface area contributed by atoms with Crippen molar-refractivity contribution < 1.29 is 13.9 Å². The summed E-state index contributed by atoms with van der Waals surface area (Å²) in [7, 11) is 0. The number of nitrogens with zero attached hydrogens (tertiary/aromatic N) is 3. The molecule has 1 saturated carbocycles. The fourth-order valence-corrected chi connectivity index (χ4v) is 4.10. The van der Waals surface area contributed by atoms with Gasteiger partial charge in [0, 0.05) is 16.6 Å². The van der Waals surface area contributed by atoms with Gasteiger partial charge in [0.15, 0.2) is 0 Å². The van der Waals surface area contributed by atoms with E-state index in [1.54, 1.807) is 27.8 Å². The summed E-state index contributed by atoms with van der Waals surface area (Å²) in [5.41, 5.74) is 2.61. The Hall–Kier alpha value is -3.64. The molecule has 0 atom stereocenters. The number of benzene rings is 3. The van der Waals surface area contributed by atoms with Crippen molar-refractivity contribution in [3.63, 3.8) is 0 Å². The molecule has 172 valence electrons. The van der Waals surface area contributed by atoms with Crippen molar-refractivity contribution in [1.29, 1.82) is 0 Å². The van der Waals surface area contributed by atoms with Crippen LogP contribution in [0.25, 0.3) is 5.69 Å². The van der Waals surface area contributed by atoms with Crippen LogP contribution in [-0.2, 0) is 6.54 Å². The SMILES string of the molecule is Cc1nn(-c2cccc(Cl)c2)c(Oc2ccccc2)c1CN(C(=O)c1cccc(F)c1)C1CC1. The number of hydrogen-bond donors (Lipinski definition) is 0. The highest BCUT2D eigenvalue weighted by molar-refractivity contribution is 6.30.